The summed E-state index contributed by atoms with van der Waals surface area (Å²) in [7, 11) is 0. The Kier molecular flexibility index (Phi) is 2.11. The number of nitrogens with one attached hydrogen (secondary N) is 1. The number of aryl methyl sites for hydroxylation is 1. The average molecular weight is 228 g/mol. The Morgan fingerprint density at radius 3 is 2.82 bits per heavy atom. The van der Waals surface area contributed by atoms with Crippen LogP contribution in [-0.2, 0) is 0 Å². The summed E-state index contributed by atoms with van der Waals surface area (Å²) in [4.78, 5) is 15.6. The lowest BCUT2D eigenvalue weighted by atomic mass is 10.3. The zero-order valence-corrected chi connectivity index (χ0v) is 9.11. The summed E-state index contributed by atoms with van der Waals surface area (Å²) < 4.78 is 12.8. The molecule has 17 heavy (non-hydrogen) atoms. The number of aromatic nitrogens is 4. The van der Waals surface area contributed by atoms with Gasteiger partial charge in [0.2, 0.25) is 0 Å². The first kappa shape index (κ1) is 9.89. The number of fused-ring (bicyclic) bond motifs is 1. The fourth-order valence-electron chi connectivity index (χ4n) is 1.64. The smallest absolute Gasteiger partial charge is 0.178 e. The van der Waals surface area contributed by atoms with Crippen molar-refractivity contribution in [2.75, 3.05) is 0 Å². The van der Waals surface area contributed by atoms with Crippen molar-refractivity contribution < 1.29 is 4.39 Å². The van der Waals surface area contributed by atoms with Crippen LogP contribution in [-0.4, -0.2) is 19.9 Å². The van der Waals surface area contributed by atoms with Gasteiger partial charge in [-0.05, 0) is 30.7 Å². The van der Waals surface area contributed by atoms with Crippen LogP contribution in [0, 0.1) is 12.7 Å². The van der Waals surface area contributed by atoms with Crippen LogP contribution in [0.2, 0.25) is 0 Å². The van der Waals surface area contributed by atoms with Crippen molar-refractivity contribution >= 4 is 11.2 Å². The third-order valence-corrected chi connectivity index (χ3v) is 2.44. The highest BCUT2D eigenvalue weighted by Crippen LogP contribution is 2.17. The van der Waals surface area contributed by atoms with Gasteiger partial charge < -0.3 is 4.98 Å². The van der Waals surface area contributed by atoms with Crippen LogP contribution in [0.3, 0.4) is 0 Å². The normalized spacial score (nSPS) is 10.9. The molecule has 0 atom stereocenters. The molecular weight excluding hydrogens is 219 g/mol. The first-order chi connectivity index (χ1) is 8.22. The molecule has 5 heteroatoms. The highest BCUT2D eigenvalue weighted by Gasteiger charge is 2.07. The van der Waals surface area contributed by atoms with Gasteiger partial charge in [-0.2, -0.15) is 0 Å². The van der Waals surface area contributed by atoms with Crippen LogP contribution in [0.25, 0.3) is 22.7 Å². The van der Waals surface area contributed by atoms with E-state index in [1.54, 1.807) is 12.3 Å². The molecule has 0 bridgehead atoms. The second-order valence-corrected chi connectivity index (χ2v) is 3.83. The standard InChI is InChI=1S/C12H9FN4/c1-7-4-10-11(15-5-7)17-12(16-10)9-3-2-8(13)6-14-9/h2-6H,1H3,(H,15,16,17). The number of H-pyrrole nitrogens is 1. The minimum absolute atomic E-state index is 0.362. The summed E-state index contributed by atoms with van der Waals surface area (Å²) >= 11 is 0. The molecule has 0 unspecified atom stereocenters. The summed E-state index contributed by atoms with van der Waals surface area (Å²) in [6, 6.07) is 4.90. The molecule has 0 amide bonds. The SMILES string of the molecule is Cc1cnc2nc(-c3ccc(F)cn3)[nH]c2c1. The molecule has 4 nitrogen and oxygen atoms in total. The van der Waals surface area contributed by atoms with Gasteiger partial charge >= 0.3 is 0 Å². The van der Waals surface area contributed by atoms with Crippen molar-refractivity contribution in [3.63, 3.8) is 0 Å². The van der Waals surface area contributed by atoms with Crippen molar-refractivity contribution in [3.8, 4) is 11.5 Å². The molecule has 84 valence electrons. The van der Waals surface area contributed by atoms with Crippen LogP contribution in [0.1, 0.15) is 5.56 Å². The number of hydrogen-bond donors (Lipinski definition) is 1. The highest BCUT2D eigenvalue weighted by molar-refractivity contribution is 5.75. The predicted molar refractivity (Wildman–Crippen MR) is 61.8 cm³/mol. The Morgan fingerprint density at radius 1 is 1.18 bits per heavy atom. The zero-order valence-electron chi connectivity index (χ0n) is 9.11. The third kappa shape index (κ3) is 1.75. The molecule has 0 aliphatic rings. The minimum Gasteiger partial charge on any atom is -0.335 e. The molecule has 0 fully saturated rings. The van der Waals surface area contributed by atoms with Gasteiger partial charge in [0.25, 0.3) is 0 Å². The molecule has 3 rings (SSSR count). The molecule has 0 aliphatic carbocycles. The van der Waals surface area contributed by atoms with Crippen molar-refractivity contribution in [1.82, 2.24) is 19.9 Å². The highest BCUT2D eigenvalue weighted by atomic mass is 19.1. The molecule has 0 spiro atoms. The summed E-state index contributed by atoms with van der Waals surface area (Å²) in [5.41, 5.74) is 3.14. The Bertz CT molecular complexity index is 673. The first-order valence-corrected chi connectivity index (χ1v) is 5.17. The predicted octanol–water partition coefficient (Wildman–Crippen LogP) is 2.47. The molecule has 1 N–H and O–H groups in total. The quantitative estimate of drug-likeness (QED) is 0.696. The van der Waals surface area contributed by atoms with Crippen molar-refractivity contribution in [3.05, 3.63) is 42.0 Å². The van der Waals surface area contributed by atoms with Crippen LogP contribution in [0.15, 0.2) is 30.6 Å². The first-order valence-electron chi connectivity index (χ1n) is 5.17. The molecule has 3 heterocycles. The Balaban J connectivity index is 2.14. The van der Waals surface area contributed by atoms with Crippen LogP contribution >= 0.6 is 0 Å². The van der Waals surface area contributed by atoms with Gasteiger partial charge in [0, 0.05) is 6.20 Å². The lowest BCUT2D eigenvalue weighted by Gasteiger charge is -1.93. The van der Waals surface area contributed by atoms with Crippen LogP contribution in [0.5, 0.6) is 0 Å². The molecular formula is C12H9FN4. The lowest BCUT2D eigenvalue weighted by molar-refractivity contribution is 0.621. The monoisotopic (exact) mass is 228 g/mol. The van der Waals surface area contributed by atoms with Gasteiger partial charge in [-0.3, -0.25) is 0 Å². The maximum atomic E-state index is 12.8. The fourth-order valence-corrected chi connectivity index (χ4v) is 1.64. The fraction of sp³-hybridized carbons (Fsp3) is 0.0833. The molecule has 0 saturated carbocycles. The Hall–Kier alpha value is -2.30. The molecule has 0 aliphatic heterocycles. The largest absolute Gasteiger partial charge is 0.335 e. The molecule has 0 radical (unpaired) electrons. The maximum absolute atomic E-state index is 12.8. The van der Waals surface area contributed by atoms with E-state index in [0.29, 0.717) is 17.2 Å². The van der Waals surface area contributed by atoms with Gasteiger partial charge in [-0.25, -0.2) is 19.3 Å². The van der Waals surface area contributed by atoms with Crippen molar-refractivity contribution in [1.29, 1.82) is 0 Å². The van der Waals surface area contributed by atoms with E-state index in [1.807, 2.05) is 13.0 Å². The summed E-state index contributed by atoms with van der Waals surface area (Å²) in [6.07, 6.45) is 2.92. The van der Waals surface area contributed by atoms with E-state index in [4.69, 9.17) is 0 Å². The van der Waals surface area contributed by atoms with Gasteiger partial charge in [0.15, 0.2) is 11.5 Å². The van der Waals surface area contributed by atoms with E-state index < -0.39 is 0 Å². The van der Waals surface area contributed by atoms with E-state index in [1.165, 1.54) is 12.3 Å². The number of halogens is 1. The summed E-state index contributed by atoms with van der Waals surface area (Å²) in [6.45, 7) is 1.96. The molecule has 0 aromatic carbocycles. The van der Waals surface area contributed by atoms with Crippen molar-refractivity contribution in [2.24, 2.45) is 0 Å². The number of nitrogens with zero attached hydrogens (tertiary/aromatic N) is 3. The van der Waals surface area contributed by atoms with Gasteiger partial charge in [-0.15, -0.1) is 0 Å². The van der Waals surface area contributed by atoms with E-state index >= 15 is 0 Å². The average Bonchev–Trinajstić information content (AvgIpc) is 2.72. The molecule has 3 aromatic heterocycles. The van der Waals surface area contributed by atoms with E-state index in [2.05, 4.69) is 19.9 Å². The van der Waals surface area contributed by atoms with Gasteiger partial charge in [0.05, 0.1) is 11.7 Å². The van der Waals surface area contributed by atoms with Crippen molar-refractivity contribution in [2.45, 2.75) is 6.92 Å². The number of hydrogen-bond acceptors (Lipinski definition) is 3. The van der Waals surface area contributed by atoms with Crippen LogP contribution in [0.4, 0.5) is 4.39 Å². The molecule has 0 saturated heterocycles. The number of imidazole rings is 1. The molecule has 3 aromatic rings. The van der Waals surface area contributed by atoms with E-state index in [0.717, 1.165) is 11.1 Å². The van der Waals surface area contributed by atoms with Gasteiger partial charge in [-0.1, -0.05) is 0 Å². The second kappa shape index (κ2) is 3.62. The number of pyridine rings is 2. The zero-order chi connectivity index (χ0) is 11.8. The maximum Gasteiger partial charge on any atom is 0.178 e. The Labute approximate surface area is 96.6 Å². The van der Waals surface area contributed by atoms with E-state index in [-0.39, 0.29) is 5.82 Å². The topological polar surface area (TPSA) is 54.5 Å². The Morgan fingerprint density at radius 2 is 2.06 bits per heavy atom. The minimum atomic E-state index is -0.362. The number of rotatable bonds is 1. The van der Waals surface area contributed by atoms with Gasteiger partial charge in [0.1, 0.15) is 11.5 Å². The summed E-state index contributed by atoms with van der Waals surface area (Å²) in [5.74, 6) is 0.233. The lowest BCUT2D eigenvalue weighted by Crippen LogP contribution is -1.86. The third-order valence-electron chi connectivity index (χ3n) is 2.44. The summed E-state index contributed by atoms with van der Waals surface area (Å²) in [5, 5.41) is 0. The number of aromatic amines is 1. The van der Waals surface area contributed by atoms with Crippen LogP contribution < -0.4 is 0 Å². The van der Waals surface area contributed by atoms with E-state index in [9.17, 15) is 4.39 Å². The second-order valence-electron chi connectivity index (χ2n) is 3.83.